The number of carbonyl (C=O) groups is 2. The van der Waals surface area contributed by atoms with Crippen molar-refractivity contribution in [1.29, 1.82) is 0 Å². The maximum absolute atomic E-state index is 12.9. The van der Waals surface area contributed by atoms with Gasteiger partial charge < -0.3 is 15.0 Å². The summed E-state index contributed by atoms with van der Waals surface area (Å²) in [6.07, 6.45) is -5.06. The smallest absolute Gasteiger partial charge is 0.404 e. The van der Waals surface area contributed by atoms with Gasteiger partial charge in [-0.25, -0.2) is 4.98 Å². The summed E-state index contributed by atoms with van der Waals surface area (Å²) < 4.78 is 42.8. The second kappa shape index (κ2) is 10.8. The molecule has 1 aliphatic rings. The second-order valence-electron chi connectivity index (χ2n) is 7.86. The van der Waals surface area contributed by atoms with Crippen molar-refractivity contribution >= 4 is 40.1 Å². The van der Waals surface area contributed by atoms with Crippen molar-refractivity contribution in [3.8, 4) is 16.5 Å². The third kappa shape index (κ3) is 7.04. The van der Waals surface area contributed by atoms with E-state index in [9.17, 15) is 22.8 Å². The summed E-state index contributed by atoms with van der Waals surface area (Å²) in [5, 5.41) is 13.3. The number of alkyl halides is 3. The summed E-state index contributed by atoms with van der Waals surface area (Å²) in [5.74, 6) is -1.48. The predicted molar refractivity (Wildman–Crippen MR) is 125 cm³/mol. The first-order valence-corrected chi connectivity index (χ1v) is 12.3. The van der Waals surface area contributed by atoms with Crippen LogP contribution in [0.15, 0.2) is 29.1 Å². The Hall–Kier alpha value is -2.94. The van der Waals surface area contributed by atoms with Gasteiger partial charge in [0.05, 0.1) is 24.2 Å². The van der Waals surface area contributed by atoms with Gasteiger partial charge in [0.1, 0.15) is 10.7 Å². The fourth-order valence-electron chi connectivity index (χ4n) is 3.40. The fraction of sp³-hybridized carbons (Fsp3) is 0.381. The molecule has 1 aliphatic heterocycles. The van der Waals surface area contributed by atoms with Crippen molar-refractivity contribution in [2.75, 3.05) is 45.1 Å². The number of nitrogens with zero attached hydrogens (tertiary/aromatic N) is 5. The van der Waals surface area contributed by atoms with Crippen LogP contribution in [0, 0.1) is 0 Å². The molecule has 1 N–H and O–H groups in total. The quantitative estimate of drug-likeness (QED) is 0.447. The first-order chi connectivity index (χ1) is 16.7. The molecule has 14 heteroatoms. The zero-order valence-corrected chi connectivity index (χ0v) is 20.2. The van der Waals surface area contributed by atoms with Crippen molar-refractivity contribution in [1.82, 2.24) is 25.0 Å². The lowest BCUT2D eigenvalue weighted by molar-refractivity contribution is -0.274. The van der Waals surface area contributed by atoms with Crippen LogP contribution in [-0.2, 0) is 11.2 Å². The van der Waals surface area contributed by atoms with E-state index in [4.69, 9.17) is 0 Å². The fourth-order valence-corrected chi connectivity index (χ4v) is 4.82. The van der Waals surface area contributed by atoms with E-state index in [-0.39, 0.29) is 30.0 Å². The molecule has 0 atom stereocenters. The summed E-state index contributed by atoms with van der Waals surface area (Å²) in [7, 11) is 1.97. The van der Waals surface area contributed by atoms with Gasteiger partial charge in [-0.2, -0.15) is 0 Å². The second-order valence-corrected chi connectivity index (χ2v) is 9.64. The Bertz CT molecular complexity index is 1180. The van der Waals surface area contributed by atoms with E-state index in [1.165, 1.54) is 34.8 Å². The highest BCUT2D eigenvalue weighted by Gasteiger charge is 2.33. The Morgan fingerprint density at radius 2 is 1.94 bits per heavy atom. The molecule has 35 heavy (non-hydrogen) atoms. The topological polar surface area (TPSA) is 101 Å². The average molecular weight is 527 g/mol. The number of Topliss-reactive ketones (excluding diaryl/α,β-unsaturated/α-hetero) is 1. The lowest BCUT2D eigenvalue weighted by Crippen LogP contribution is -2.47. The molecule has 0 saturated carbocycles. The van der Waals surface area contributed by atoms with E-state index < -0.39 is 18.0 Å². The number of piperazine rings is 1. The van der Waals surface area contributed by atoms with Gasteiger partial charge in [0.2, 0.25) is 5.91 Å². The van der Waals surface area contributed by atoms with Crippen molar-refractivity contribution in [2.45, 2.75) is 12.8 Å². The van der Waals surface area contributed by atoms with Crippen molar-refractivity contribution < 1.29 is 27.5 Å². The van der Waals surface area contributed by atoms with Gasteiger partial charge in [-0.1, -0.05) is 11.3 Å². The Morgan fingerprint density at radius 1 is 1.17 bits per heavy atom. The minimum absolute atomic E-state index is 0.0155. The van der Waals surface area contributed by atoms with Gasteiger partial charge in [-0.3, -0.25) is 14.5 Å². The van der Waals surface area contributed by atoms with Gasteiger partial charge in [0.25, 0.3) is 0 Å². The van der Waals surface area contributed by atoms with Crippen LogP contribution in [-0.4, -0.2) is 82.8 Å². The lowest BCUT2D eigenvalue weighted by atomic mass is 10.1. The van der Waals surface area contributed by atoms with Crippen LogP contribution in [0.25, 0.3) is 10.7 Å². The standard InChI is InChI=1S/C21H21F3N6O3S2/c1-29-4-6-30(7-5-29)10-18(32)26-14-8-13(2-3-17(14)33-21(22,23)24)16(31)9-19-27-28-20(35-19)15-11-34-12-25-15/h2-3,8,11-12H,4-7,9-10H2,1H3,(H,26,32). The summed E-state index contributed by atoms with van der Waals surface area (Å²) >= 11 is 2.61. The molecular weight excluding hydrogens is 505 g/mol. The molecule has 0 spiro atoms. The van der Waals surface area contributed by atoms with Crippen LogP contribution in [0.2, 0.25) is 0 Å². The van der Waals surface area contributed by atoms with Crippen LogP contribution >= 0.6 is 22.7 Å². The lowest BCUT2D eigenvalue weighted by Gasteiger charge is -2.31. The van der Waals surface area contributed by atoms with Gasteiger partial charge >= 0.3 is 6.36 Å². The Labute approximate surface area is 206 Å². The largest absolute Gasteiger partial charge is 0.573 e. The Morgan fingerprint density at radius 3 is 2.63 bits per heavy atom. The minimum Gasteiger partial charge on any atom is -0.404 e. The van der Waals surface area contributed by atoms with E-state index in [1.807, 2.05) is 17.3 Å². The zero-order valence-electron chi connectivity index (χ0n) is 18.5. The van der Waals surface area contributed by atoms with E-state index in [1.54, 1.807) is 5.51 Å². The molecule has 0 aliphatic carbocycles. The Balaban J connectivity index is 1.48. The predicted octanol–water partition coefficient (Wildman–Crippen LogP) is 3.17. The number of carbonyl (C=O) groups excluding carboxylic acids is 2. The first-order valence-electron chi connectivity index (χ1n) is 10.5. The number of rotatable bonds is 8. The van der Waals surface area contributed by atoms with Crippen LogP contribution in [0.4, 0.5) is 18.9 Å². The summed E-state index contributed by atoms with van der Waals surface area (Å²) in [4.78, 5) is 33.6. The average Bonchev–Trinajstić information content (AvgIpc) is 3.47. The summed E-state index contributed by atoms with van der Waals surface area (Å²) in [6.45, 7) is 2.92. The molecule has 0 unspecified atom stereocenters. The van der Waals surface area contributed by atoms with Crippen molar-refractivity contribution in [3.63, 3.8) is 0 Å². The molecule has 186 valence electrons. The SMILES string of the molecule is CN1CCN(CC(=O)Nc2cc(C(=O)Cc3nnc(-c4cscn4)s3)ccc2OC(F)(F)F)CC1. The highest BCUT2D eigenvalue weighted by Crippen LogP contribution is 2.32. The zero-order chi connectivity index (χ0) is 25.0. The maximum Gasteiger partial charge on any atom is 0.573 e. The van der Waals surface area contributed by atoms with E-state index in [2.05, 4.69) is 30.1 Å². The number of anilines is 1. The van der Waals surface area contributed by atoms with Crippen LogP contribution in [0.1, 0.15) is 15.4 Å². The number of thiazole rings is 1. The monoisotopic (exact) mass is 526 g/mol. The van der Waals surface area contributed by atoms with Gasteiger partial charge in [0, 0.05) is 37.1 Å². The maximum atomic E-state index is 12.9. The summed E-state index contributed by atoms with van der Waals surface area (Å²) in [6, 6.07) is 3.43. The summed E-state index contributed by atoms with van der Waals surface area (Å²) in [5.41, 5.74) is 2.20. The highest BCUT2D eigenvalue weighted by atomic mass is 32.1. The molecule has 1 fully saturated rings. The molecule has 4 rings (SSSR count). The Kier molecular flexibility index (Phi) is 7.74. The number of benzene rings is 1. The molecule has 9 nitrogen and oxygen atoms in total. The number of aromatic nitrogens is 3. The van der Waals surface area contributed by atoms with E-state index in [0.29, 0.717) is 28.8 Å². The first kappa shape index (κ1) is 25.2. The number of halogens is 3. The molecule has 1 aromatic carbocycles. The highest BCUT2D eigenvalue weighted by molar-refractivity contribution is 7.15. The number of hydrogen-bond donors (Lipinski definition) is 1. The minimum atomic E-state index is -4.96. The molecular formula is C21H21F3N6O3S2. The molecule has 1 saturated heterocycles. The normalized spacial score (nSPS) is 15.2. The van der Waals surface area contributed by atoms with Crippen molar-refractivity contribution in [3.05, 3.63) is 39.7 Å². The van der Waals surface area contributed by atoms with E-state index in [0.717, 1.165) is 19.2 Å². The van der Waals surface area contributed by atoms with Gasteiger partial charge in [0.15, 0.2) is 16.5 Å². The molecule has 2 aromatic heterocycles. The molecule has 3 heterocycles. The third-order valence-corrected chi connectivity index (χ3v) is 6.73. The van der Waals surface area contributed by atoms with E-state index >= 15 is 0 Å². The third-order valence-electron chi connectivity index (χ3n) is 5.19. The van der Waals surface area contributed by atoms with Crippen LogP contribution < -0.4 is 10.1 Å². The number of ketones is 1. The molecule has 1 amide bonds. The van der Waals surface area contributed by atoms with Crippen LogP contribution in [0.3, 0.4) is 0 Å². The number of ether oxygens (including phenoxy) is 1. The van der Waals surface area contributed by atoms with Crippen molar-refractivity contribution in [2.24, 2.45) is 0 Å². The number of nitrogens with one attached hydrogen (secondary N) is 1. The number of hydrogen-bond acceptors (Lipinski definition) is 10. The van der Waals surface area contributed by atoms with Crippen LogP contribution in [0.5, 0.6) is 5.75 Å². The molecule has 3 aromatic rings. The van der Waals surface area contributed by atoms with Gasteiger partial charge in [-0.05, 0) is 25.2 Å². The molecule has 0 bridgehead atoms. The molecule has 0 radical (unpaired) electrons. The number of likely N-dealkylation sites (N-methyl/N-ethyl adjacent to an activating group) is 1. The van der Waals surface area contributed by atoms with Gasteiger partial charge in [-0.15, -0.1) is 34.7 Å². The number of amides is 1.